The lowest BCUT2D eigenvalue weighted by atomic mass is 10.5. The van der Waals surface area contributed by atoms with E-state index in [0.29, 0.717) is 0 Å². The molecule has 0 amide bonds. The van der Waals surface area contributed by atoms with Crippen LogP contribution in [-0.2, 0) is 0 Å². The minimum absolute atomic E-state index is 0.326. The van der Waals surface area contributed by atoms with E-state index >= 15 is 0 Å². The molecule has 1 rings (SSSR count). The Morgan fingerprint density at radius 2 is 2.00 bits per heavy atom. The van der Waals surface area contributed by atoms with Crippen molar-refractivity contribution in [3.63, 3.8) is 0 Å². The number of hydrogen-bond acceptors (Lipinski definition) is 6. The third-order valence-corrected chi connectivity index (χ3v) is 0.722. The minimum Gasteiger partial charge on any atom is -0.264 e. The van der Waals surface area contributed by atoms with Crippen molar-refractivity contribution in [2.24, 2.45) is 20.7 Å². The third-order valence-electron chi connectivity index (χ3n) is 0.722. The molecule has 0 aliphatic carbocycles. The fraction of sp³-hybridized carbons (Fsp3) is 1.00. The van der Waals surface area contributed by atoms with Gasteiger partial charge in [0.25, 0.3) is 0 Å². The van der Waals surface area contributed by atoms with Crippen LogP contribution in [0.3, 0.4) is 0 Å². The van der Waals surface area contributed by atoms with Gasteiger partial charge in [0.05, 0.1) is 0 Å². The number of hydrogen-bond donors (Lipinski definition) is 0. The first-order valence-corrected chi connectivity index (χ1v) is 2.21. The van der Waals surface area contributed by atoms with Gasteiger partial charge in [-0.2, -0.15) is 0 Å². The molecule has 0 aromatic heterocycles. The average Bonchev–Trinajstić information content (AvgIpc) is 2.15. The smallest absolute Gasteiger partial charge is 0.249 e. The zero-order valence-electron chi connectivity index (χ0n) is 4.34. The summed E-state index contributed by atoms with van der Waals surface area (Å²) in [5.41, 5.74) is 0. The summed E-state index contributed by atoms with van der Waals surface area (Å²) in [5, 5.41) is 22.6. The van der Waals surface area contributed by atoms with Crippen LogP contribution < -0.4 is 0 Å². The largest absolute Gasteiger partial charge is 0.264 e. The Morgan fingerprint density at radius 3 is 2.44 bits per heavy atom. The van der Waals surface area contributed by atoms with Crippen molar-refractivity contribution in [3.05, 3.63) is 10.1 Å². The summed E-state index contributed by atoms with van der Waals surface area (Å²) in [6.07, 6.45) is -0.694. The Balaban J connectivity index is 2.37. The summed E-state index contributed by atoms with van der Waals surface area (Å²) in [6.45, 7) is -0.326. The van der Waals surface area contributed by atoms with Crippen molar-refractivity contribution in [3.8, 4) is 0 Å². The SMILES string of the molecule is O=[N+]([O-])CC1N=NN=N1. The number of rotatable bonds is 2. The molecule has 7 nitrogen and oxygen atoms in total. The second-order valence-corrected chi connectivity index (χ2v) is 1.41. The predicted octanol–water partition coefficient (Wildman–Crippen LogP) is 0.422. The molecule has 1 aliphatic rings. The fourth-order valence-electron chi connectivity index (χ4n) is 0.395. The zero-order valence-corrected chi connectivity index (χ0v) is 4.34. The molecule has 0 fully saturated rings. The highest BCUT2D eigenvalue weighted by Crippen LogP contribution is 2.03. The van der Waals surface area contributed by atoms with Crippen LogP contribution in [0.25, 0.3) is 0 Å². The van der Waals surface area contributed by atoms with Gasteiger partial charge in [-0.25, -0.2) is 0 Å². The number of nitrogens with zero attached hydrogens (tertiary/aromatic N) is 5. The third kappa shape index (κ3) is 1.52. The standard InChI is InChI=1S/C2H3N5O2/c8-7(9)1-2-3-5-6-4-2/h2H,1H2. The molecule has 7 heteroatoms. The van der Waals surface area contributed by atoms with Crippen molar-refractivity contribution in [2.45, 2.75) is 6.17 Å². The Bertz CT molecular complexity index is 162. The van der Waals surface area contributed by atoms with Crippen LogP contribution >= 0.6 is 0 Å². The first kappa shape index (κ1) is 5.73. The highest BCUT2D eigenvalue weighted by atomic mass is 16.6. The van der Waals surface area contributed by atoms with Gasteiger partial charge in [-0.1, -0.05) is 0 Å². The van der Waals surface area contributed by atoms with Crippen molar-refractivity contribution < 1.29 is 4.92 Å². The van der Waals surface area contributed by atoms with Crippen molar-refractivity contribution in [2.75, 3.05) is 6.54 Å². The highest BCUT2D eigenvalue weighted by molar-refractivity contribution is 4.58. The molecule has 0 aromatic rings. The summed E-state index contributed by atoms with van der Waals surface area (Å²) >= 11 is 0. The molecular weight excluding hydrogens is 126 g/mol. The van der Waals surface area contributed by atoms with Crippen LogP contribution in [0, 0.1) is 10.1 Å². The van der Waals surface area contributed by atoms with Gasteiger partial charge >= 0.3 is 0 Å². The van der Waals surface area contributed by atoms with Gasteiger partial charge in [-0.3, -0.25) is 10.1 Å². The van der Waals surface area contributed by atoms with Gasteiger partial charge in [-0.15, -0.1) is 10.2 Å². The van der Waals surface area contributed by atoms with E-state index in [1.807, 2.05) is 0 Å². The quantitative estimate of drug-likeness (QED) is 0.399. The van der Waals surface area contributed by atoms with E-state index in [1.165, 1.54) is 0 Å². The zero-order chi connectivity index (χ0) is 6.69. The van der Waals surface area contributed by atoms with Crippen molar-refractivity contribution in [1.82, 2.24) is 0 Å². The molecular formula is C2H3N5O2. The van der Waals surface area contributed by atoms with Crippen LogP contribution in [0.4, 0.5) is 0 Å². The summed E-state index contributed by atoms with van der Waals surface area (Å²) in [4.78, 5) is 9.25. The topological polar surface area (TPSA) is 92.6 Å². The van der Waals surface area contributed by atoms with Gasteiger partial charge in [0.1, 0.15) is 0 Å². The minimum atomic E-state index is -0.694. The summed E-state index contributed by atoms with van der Waals surface area (Å²) < 4.78 is 0. The van der Waals surface area contributed by atoms with Gasteiger partial charge < -0.3 is 0 Å². The average molecular weight is 129 g/mol. The lowest BCUT2D eigenvalue weighted by Crippen LogP contribution is -2.12. The molecule has 48 valence electrons. The Morgan fingerprint density at radius 1 is 1.44 bits per heavy atom. The molecule has 0 spiro atoms. The van der Waals surface area contributed by atoms with Crippen LogP contribution in [0.15, 0.2) is 20.7 Å². The molecule has 0 bridgehead atoms. The van der Waals surface area contributed by atoms with E-state index < -0.39 is 11.1 Å². The molecule has 0 unspecified atom stereocenters. The van der Waals surface area contributed by atoms with E-state index in [-0.39, 0.29) is 6.54 Å². The van der Waals surface area contributed by atoms with Crippen LogP contribution in [0.1, 0.15) is 0 Å². The summed E-state index contributed by atoms with van der Waals surface area (Å²) in [7, 11) is 0. The molecule has 0 radical (unpaired) electrons. The maximum absolute atomic E-state index is 9.76. The Kier molecular flexibility index (Phi) is 1.43. The fourth-order valence-corrected chi connectivity index (χ4v) is 0.395. The van der Waals surface area contributed by atoms with E-state index in [2.05, 4.69) is 20.7 Å². The maximum Gasteiger partial charge on any atom is 0.249 e. The monoisotopic (exact) mass is 129 g/mol. The first-order valence-electron chi connectivity index (χ1n) is 2.21. The molecule has 9 heavy (non-hydrogen) atoms. The molecule has 1 heterocycles. The lowest BCUT2D eigenvalue weighted by molar-refractivity contribution is -0.482. The van der Waals surface area contributed by atoms with Crippen molar-refractivity contribution in [1.29, 1.82) is 0 Å². The van der Waals surface area contributed by atoms with E-state index in [4.69, 9.17) is 0 Å². The second kappa shape index (κ2) is 2.25. The molecule has 1 aliphatic heterocycles. The second-order valence-electron chi connectivity index (χ2n) is 1.41. The predicted molar refractivity (Wildman–Crippen MR) is 25.4 cm³/mol. The Labute approximate surface area is 49.6 Å². The van der Waals surface area contributed by atoms with E-state index in [1.54, 1.807) is 0 Å². The Hall–Kier alpha value is -1.40. The molecule has 0 saturated carbocycles. The van der Waals surface area contributed by atoms with Crippen LogP contribution in [-0.4, -0.2) is 17.6 Å². The normalized spacial score (nSPS) is 16.9. The molecule has 0 saturated heterocycles. The maximum atomic E-state index is 9.76. The summed E-state index contributed by atoms with van der Waals surface area (Å²) in [6, 6.07) is 0. The van der Waals surface area contributed by atoms with Crippen molar-refractivity contribution >= 4 is 0 Å². The lowest BCUT2D eigenvalue weighted by Gasteiger charge is -1.89. The highest BCUT2D eigenvalue weighted by Gasteiger charge is 2.15. The van der Waals surface area contributed by atoms with Gasteiger partial charge in [0.2, 0.25) is 12.7 Å². The van der Waals surface area contributed by atoms with E-state index in [9.17, 15) is 10.1 Å². The molecule has 0 atom stereocenters. The molecule has 0 aromatic carbocycles. The van der Waals surface area contributed by atoms with Gasteiger partial charge in [0, 0.05) is 4.92 Å². The summed E-state index contributed by atoms with van der Waals surface area (Å²) in [5.74, 6) is 0. The van der Waals surface area contributed by atoms with Crippen LogP contribution in [0.5, 0.6) is 0 Å². The number of nitro groups is 1. The van der Waals surface area contributed by atoms with Crippen LogP contribution in [0.2, 0.25) is 0 Å². The first-order chi connectivity index (χ1) is 4.29. The van der Waals surface area contributed by atoms with Gasteiger partial charge in [-0.05, 0) is 10.4 Å². The molecule has 0 N–H and O–H groups in total. The van der Waals surface area contributed by atoms with Gasteiger partial charge in [0.15, 0.2) is 0 Å². The van der Waals surface area contributed by atoms with E-state index in [0.717, 1.165) is 0 Å².